The third-order valence-corrected chi connectivity index (χ3v) is 13.5. The molecule has 10 rings (SSSR count). The van der Waals surface area contributed by atoms with E-state index < -0.39 is 41.1 Å². The normalized spacial score (nSPS) is 30.0. The monoisotopic (exact) mass is 946 g/mol. The number of carbonyl (C=O) groups excluding carboxylic acids is 1. The van der Waals surface area contributed by atoms with E-state index in [9.17, 15) is 25.2 Å². The van der Waals surface area contributed by atoms with Gasteiger partial charge in [0.25, 0.3) is 0 Å². The maximum atomic E-state index is 14.6. The van der Waals surface area contributed by atoms with Crippen LogP contribution in [0.3, 0.4) is 0 Å². The molecule has 273 valence electrons. The van der Waals surface area contributed by atoms with Gasteiger partial charge in [0.05, 0.1) is 37.6 Å². The van der Waals surface area contributed by atoms with Crippen molar-refractivity contribution in [3.63, 3.8) is 0 Å². The molecular formula is C37H41AcN3O10S. The van der Waals surface area contributed by atoms with E-state index in [0.29, 0.717) is 64.5 Å². The van der Waals surface area contributed by atoms with Gasteiger partial charge in [-0.3, -0.25) is 15.1 Å². The van der Waals surface area contributed by atoms with Gasteiger partial charge in [0.2, 0.25) is 6.79 Å². The zero-order valence-electron chi connectivity index (χ0n) is 29.6. The zero-order valence-corrected chi connectivity index (χ0v) is 35.1. The Balaban J connectivity index is 0.00000387. The van der Waals surface area contributed by atoms with Crippen LogP contribution < -0.4 is 24.3 Å². The summed E-state index contributed by atoms with van der Waals surface area (Å²) in [4.78, 5) is 18.7. The quantitative estimate of drug-likeness (QED) is 0.238. The van der Waals surface area contributed by atoms with E-state index in [2.05, 4.69) is 10.2 Å². The molecule has 0 aromatic heterocycles. The van der Waals surface area contributed by atoms with Crippen molar-refractivity contribution in [2.45, 2.75) is 67.9 Å². The van der Waals surface area contributed by atoms with E-state index in [1.807, 2.05) is 24.9 Å². The second-order valence-electron chi connectivity index (χ2n) is 14.4. The number of aromatic hydroxyl groups is 3. The smallest absolute Gasteiger partial charge is 0.331 e. The number of nitrogens with zero attached hydrogens (tertiary/aromatic N) is 2. The number of phenols is 3. The minimum absolute atomic E-state index is 0. The fourth-order valence-corrected chi connectivity index (χ4v) is 11.4. The maximum absolute atomic E-state index is 14.6. The Kier molecular flexibility index (Phi) is 9.08. The number of likely N-dealkylation sites (N-methyl/N-ethyl adjacent to an activating group) is 1. The Labute approximate surface area is 341 Å². The van der Waals surface area contributed by atoms with Gasteiger partial charge in [-0.15, -0.1) is 11.8 Å². The van der Waals surface area contributed by atoms with Crippen LogP contribution in [0.25, 0.3) is 0 Å². The summed E-state index contributed by atoms with van der Waals surface area (Å²) in [5.74, 6) is 1.32. The van der Waals surface area contributed by atoms with Crippen molar-refractivity contribution in [2.75, 3.05) is 47.0 Å². The first-order chi connectivity index (χ1) is 24.5. The predicted octanol–water partition coefficient (Wildman–Crippen LogP) is 3.19. The molecule has 2 fully saturated rings. The molecule has 5 N–H and O–H groups in total. The van der Waals surface area contributed by atoms with Crippen molar-refractivity contribution in [3.05, 3.63) is 62.7 Å². The number of ether oxygens (including phenoxy) is 5. The molecule has 0 aliphatic carbocycles. The number of methoxy groups -OCH3 is 2. The summed E-state index contributed by atoms with van der Waals surface area (Å²) in [6, 6.07) is 3.30. The van der Waals surface area contributed by atoms with Crippen LogP contribution in [0.4, 0.5) is 0 Å². The number of aryl methyl sites for hydroxylation is 1. The van der Waals surface area contributed by atoms with Crippen molar-refractivity contribution in [1.29, 1.82) is 0 Å². The molecule has 1 spiro atoms. The van der Waals surface area contributed by atoms with Gasteiger partial charge in [-0.25, -0.2) is 4.79 Å². The summed E-state index contributed by atoms with van der Waals surface area (Å²) in [6.45, 7) is 3.96. The van der Waals surface area contributed by atoms with Crippen LogP contribution in [0, 0.1) is 57.9 Å². The van der Waals surface area contributed by atoms with E-state index >= 15 is 0 Å². The summed E-state index contributed by atoms with van der Waals surface area (Å²) in [5.41, 5.74) is 4.38. The van der Waals surface area contributed by atoms with Crippen LogP contribution in [-0.2, 0) is 27.9 Å². The number of carbonyl (C=O) groups is 1. The Bertz CT molecular complexity index is 2020. The molecule has 7 atom stereocenters. The SMILES string of the molecule is COc1cc2c(cc1O)CCN[C@]21CS[C@@H]2c3c(O)c(C)c4c(c3[C@H](COC1=O)N1[C@@H]2[C@H]2c3c(cc(C)c(OC)c3O)C[C@@H]([C@@H]1O)N2C)OCO4.[Ac]. The second kappa shape index (κ2) is 13.0. The summed E-state index contributed by atoms with van der Waals surface area (Å²) in [7, 11) is 4.97. The number of nitrogens with one attached hydrogen (secondary N) is 1. The fraction of sp³-hybridized carbons (Fsp3) is 0.486. The summed E-state index contributed by atoms with van der Waals surface area (Å²) in [6.07, 6.45) is 0.0426. The van der Waals surface area contributed by atoms with Gasteiger partial charge in [-0.2, -0.15) is 0 Å². The zero-order chi connectivity index (χ0) is 35.7. The molecular weight excluding hydrogens is 905 g/mol. The van der Waals surface area contributed by atoms with E-state index in [1.54, 1.807) is 26.2 Å². The molecule has 0 unspecified atom stereocenters. The maximum Gasteiger partial charge on any atom is 0.331 e. The first-order valence-electron chi connectivity index (χ1n) is 17.2. The van der Waals surface area contributed by atoms with Crippen molar-refractivity contribution < 1.29 is 93.0 Å². The van der Waals surface area contributed by atoms with Gasteiger partial charge in [-0.05, 0) is 68.1 Å². The third-order valence-electron chi connectivity index (χ3n) is 12.0. The number of thioether (sulfide) groups is 1. The Hall–Kier alpha value is -2.64. The molecule has 7 aliphatic heterocycles. The standard InChI is InChI=1S/C37H41N3O10S.Ac/c1-15-8-18-9-20-35(44)40-21-12-48-36(45)37(19-11-23(46-4)22(41)10-17(19)6-7-38-37)13-51-34(26-25(21)33-32(49-14-50-33)16(2)29(26)42)28(40)27(39(20)3)24(18)30(43)31(15)47-5;/h8,10-11,20-21,27-28,34-35,38,41-44H,6-7,9,12-14H2,1-5H3;/t20-,21-,27+,28+,34+,35-,37+;/m0./s1. The molecule has 4 bridgehead atoms. The number of aliphatic hydroxyl groups excluding tert-OH is 1. The molecule has 7 heterocycles. The van der Waals surface area contributed by atoms with Crippen molar-refractivity contribution in [1.82, 2.24) is 15.1 Å². The molecule has 0 saturated carbocycles. The summed E-state index contributed by atoms with van der Waals surface area (Å²) >= 11 is 1.47. The molecule has 3 aromatic carbocycles. The van der Waals surface area contributed by atoms with E-state index in [1.165, 1.54) is 18.9 Å². The second-order valence-corrected chi connectivity index (χ2v) is 15.5. The Morgan fingerprint density at radius 3 is 2.50 bits per heavy atom. The van der Waals surface area contributed by atoms with E-state index in [0.717, 1.165) is 16.7 Å². The Morgan fingerprint density at radius 1 is 0.981 bits per heavy atom. The number of phenolic OH excluding ortho intramolecular Hbond substituents is 3. The van der Waals surface area contributed by atoms with Gasteiger partial charge in [0, 0.05) is 84.7 Å². The number of piperazine rings is 1. The van der Waals surface area contributed by atoms with E-state index in [-0.39, 0.29) is 92.3 Å². The minimum Gasteiger partial charge on any atom is -0.507 e. The largest absolute Gasteiger partial charge is 0.507 e. The van der Waals surface area contributed by atoms with Gasteiger partial charge in [0.1, 0.15) is 18.6 Å². The first kappa shape index (κ1) is 36.3. The van der Waals surface area contributed by atoms with Crippen LogP contribution in [-0.4, -0.2) is 101 Å². The van der Waals surface area contributed by atoms with Gasteiger partial charge in [-0.1, -0.05) is 6.07 Å². The number of hydrogen-bond acceptors (Lipinski definition) is 14. The summed E-state index contributed by atoms with van der Waals surface area (Å²) < 4.78 is 29.5. The average molecular weight is 947 g/mol. The number of aliphatic hydroxyl groups is 1. The molecule has 7 aliphatic rings. The van der Waals surface area contributed by atoms with E-state index in [4.69, 9.17) is 23.7 Å². The predicted molar refractivity (Wildman–Crippen MR) is 185 cm³/mol. The third kappa shape index (κ3) is 4.82. The topological polar surface area (TPSA) is 163 Å². The summed E-state index contributed by atoms with van der Waals surface area (Å²) in [5, 5.41) is 50.1. The van der Waals surface area contributed by atoms with Crippen LogP contribution in [0.1, 0.15) is 61.8 Å². The number of hydrogen-bond donors (Lipinski definition) is 5. The number of rotatable bonds is 2. The first-order valence-corrected chi connectivity index (χ1v) is 18.2. The molecule has 3 aromatic rings. The van der Waals surface area contributed by atoms with Crippen molar-refractivity contribution in [3.8, 4) is 40.2 Å². The molecule has 1 radical (unpaired) electrons. The molecule has 15 heteroatoms. The Morgan fingerprint density at radius 2 is 1.75 bits per heavy atom. The van der Waals surface area contributed by atoms with Crippen LogP contribution >= 0.6 is 11.8 Å². The van der Waals surface area contributed by atoms with Gasteiger partial charge < -0.3 is 44.1 Å². The van der Waals surface area contributed by atoms with Gasteiger partial charge >= 0.3 is 5.97 Å². The van der Waals surface area contributed by atoms with Crippen LogP contribution in [0.15, 0.2) is 18.2 Å². The van der Waals surface area contributed by atoms with Gasteiger partial charge in [0.15, 0.2) is 40.0 Å². The molecule has 0 amide bonds. The van der Waals surface area contributed by atoms with Crippen LogP contribution in [0.2, 0.25) is 0 Å². The number of fused-ring (bicyclic) bond motifs is 9. The van der Waals surface area contributed by atoms with Crippen molar-refractivity contribution in [2.24, 2.45) is 0 Å². The fourth-order valence-electron chi connectivity index (χ4n) is 9.74. The number of benzene rings is 3. The molecule has 52 heavy (non-hydrogen) atoms. The van der Waals surface area contributed by atoms with Crippen molar-refractivity contribution >= 4 is 17.7 Å². The number of esters is 1. The molecule has 13 nitrogen and oxygen atoms in total. The van der Waals surface area contributed by atoms with Crippen LogP contribution in [0.5, 0.6) is 40.2 Å². The average Bonchev–Trinajstić information content (AvgIpc) is 3.60. The molecule has 2 saturated heterocycles. The minimum atomic E-state index is -1.32.